The summed E-state index contributed by atoms with van der Waals surface area (Å²) in [5, 5.41) is 0.240. The van der Waals surface area contributed by atoms with E-state index in [9.17, 15) is 0 Å². The van der Waals surface area contributed by atoms with Gasteiger partial charge in [0.05, 0.1) is 24.4 Å². The molecule has 8 heteroatoms. The molecule has 6 atom stereocenters. The lowest BCUT2D eigenvalue weighted by Gasteiger charge is -2.54. The average molecular weight is 697 g/mol. The van der Waals surface area contributed by atoms with Gasteiger partial charge in [-0.15, -0.1) is 6.58 Å². The maximum Gasteiger partial charge on any atom is 0.193 e. The maximum absolute atomic E-state index is 7.34. The normalized spacial score (nSPS) is 27.6. The molecule has 0 aliphatic carbocycles. The highest BCUT2D eigenvalue weighted by Crippen LogP contribution is 2.46. The Hall–Kier alpha value is 0.701. The van der Waals surface area contributed by atoms with Gasteiger partial charge in [0.25, 0.3) is 0 Å². The first kappa shape index (κ1) is 36.7. The van der Waals surface area contributed by atoms with Crippen LogP contribution in [0.3, 0.4) is 0 Å². The molecule has 1 aliphatic heterocycles. The summed E-state index contributed by atoms with van der Waals surface area (Å²) in [6.45, 7) is 41.1. The fourth-order valence-electron chi connectivity index (χ4n) is 3.95. The molecule has 224 valence electrons. The van der Waals surface area contributed by atoms with Gasteiger partial charge in [-0.05, 0) is 71.0 Å². The van der Waals surface area contributed by atoms with Crippen molar-refractivity contribution >= 4 is 47.5 Å². The lowest BCUT2D eigenvalue weighted by atomic mass is 9.85. The van der Waals surface area contributed by atoms with Crippen molar-refractivity contribution in [3.8, 4) is 0 Å². The van der Waals surface area contributed by atoms with Gasteiger partial charge in [-0.2, -0.15) is 0 Å². The molecule has 0 radical (unpaired) electrons. The molecule has 1 fully saturated rings. The van der Waals surface area contributed by atoms with Crippen LogP contribution in [0.4, 0.5) is 0 Å². The van der Waals surface area contributed by atoms with Gasteiger partial charge in [0, 0.05) is 5.92 Å². The van der Waals surface area contributed by atoms with Crippen LogP contribution >= 0.6 is 22.6 Å². The molecule has 38 heavy (non-hydrogen) atoms. The van der Waals surface area contributed by atoms with Crippen LogP contribution in [-0.4, -0.2) is 55.5 Å². The van der Waals surface area contributed by atoms with Gasteiger partial charge in [0.1, 0.15) is 6.10 Å². The Morgan fingerprint density at radius 2 is 1.21 bits per heavy atom. The molecule has 1 heterocycles. The van der Waals surface area contributed by atoms with Crippen LogP contribution in [0.1, 0.15) is 75.7 Å². The van der Waals surface area contributed by atoms with Crippen molar-refractivity contribution in [1.82, 2.24) is 0 Å². The Kier molecular flexibility index (Phi) is 12.5. The molecular formula is C30H61IO4Si3. The highest BCUT2D eigenvalue weighted by molar-refractivity contribution is 14.1. The van der Waals surface area contributed by atoms with Crippen molar-refractivity contribution in [2.75, 3.05) is 0 Å². The van der Waals surface area contributed by atoms with Crippen LogP contribution < -0.4 is 0 Å². The van der Waals surface area contributed by atoms with E-state index in [2.05, 4.69) is 148 Å². The second-order valence-electron chi connectivity index (χ2n) is 15.9. The Morgan fingerprint density at radius 1 is 0.789 bits per heavy atom. The van der Waals surface area contributed by atoms with Crippen LogP contribution in [0.15, 0.2) is 22.8 Å². The Labute approximate surface area is 253 Å². The summed E-state index contributed by atoms with van der Waals surface area (Å²) in [4.78, 5) is 0. The van der Waals surface area contributed by atoms with E-state index in [1.165, 1.54) is 0 Å². The first-order valence-corrected chi connectivity index (χ1v) is 24.4. The lowest BCUT2D eigenvalue weighted by molar-refractivity contribution is -0.204. The molecule has 0 aromatic carbocycles. The zero-order valence-electron chi connectivity index (χ0n) is 27.6. The van der Waals surface area contributed by atoms with Gasteiger partial charge in [0.2, 0.25) is 0 Å². The number of hydrogen-bond acceptors (Lipinski definition) is 4. The van der Waals surface area contributed by atoms with Crippen molar-refractivity contribution in [2.45, 2.75) is 161 Å². The number of hydrogen-bond donors (Lipinski definition) is 0. The van der Waals surface area contributed by atoms with E-state index in [4.69, 9.17) is 18.0 Å². The first-order chi connectivity index (χ1) is 16.8. The summed E-state index contributed by atoms with van der Waals surface area (Å²) in [7, 11) is -6.37. The van der Waals surface area contributed by atoms with E-state index >= 15 is 0 Å². The summed E-state index contributed by atoms with van der Waals surface area (Å²) >= 11 is 2.31. The van der Waals surface area contributed by atoms with Crippen LogP contribution in [-0.2, 0) is 18.0 Å². The number of ether oxygens (including phenoxy) is 1. The van der Waals surface area contributed by atoms with Gasteiger partial charge in [-0.3, -0.25) is 0 Å². The van der Waals surface area contributed by atoms with Crippen molar-refractivity contribution in [2.24, 2.45) is 5.92 Å². The van der Waals surface area contributed by atoms with Crippen LogP contribution in [0.2, 0.25) is 54.4 Å². The van der Waals surface area contributed by atoms with Gasteiger partial charge in [0.15, 0.2) is 25.0 Å². The van der Waals surface area contributed by atoms with Crippen LogP contribution in [0.25, 0.3) is 0 Å². The predicted molar refractivity (Wildman–Crippen MR) is 182 cm³/mol. The molecule has 1 saturated heterocycles. The van der Waals surface area contributed by atoms with E-state index in [1.807, 2.05) is 6.08 Å². The largest absolute Gasteiger partial charge is 0.411 e. The fraction of sp³-hybridized carbons (Fsp3) is 0.867. The standard InChI is InChI=1S/C30H61IO4Si3/c1-18-19-23-22(2)25(34-37(14,15)29(6,7)8)27(35-38(16,17)30(9,10)11)26(32-23)24(20-21-31)33-36(12,13)28(3,4)5/h18,20-27H,1,19H2,2-17H3/b21-20+/t22-,23-,24-,25-,26-,27-/m0/s1. The molecule has 0 amide bonds. The topological polar surface area (TPSA) is 36.9 Å². The minimum Gasteiger partial charge on any atom is -0.411 e. The zero-order chi connectivity index (χ0) is 30.1. The molecule has 1 aliphatic rings. The summed E-state index contributed by atoms with van der Waals surface area (Å²) in [5.41, 5.74) is 0. The second-order valence-corrected chi connectivity index (χ2v) is 30.9. The maximum atomic E-state index is 7.34. The predicted octanol–water partition coefficient (Wildman–Crippen LogP) is 10.1. The third-order valence-electron chi connectivity index (χ3n) is 9.78. The van der Waals surface area contributed by atoms with E-state index in [0.717, 1.165) is 6.42 Å². The summed E-state index contributed by atoms with van der Waals surface area (Å²) < 4.78 is 30.8. The number of rotatable bonds is 10. The average Bonchev–Trinajstić information content (AvgIpc) is 2.69. The highest BCUT2D eigenvalue weighted by Gasteiger charge is 2.54. The molecule has 0 spiro atoms. The highest BCUT2D eigenvalue weighted by atomic mass is 127. The van der Waals surface area contributed by atoms with Crippen LogP contribution in [0, 0.1) is 5.92 Å². The van der Waals surface area contributed by atoms with Gasteiger partial charge < -0.3 is 18.0 Å². The first-order valence-electron chi connectivity index (χ1n) is 14.4. The molecule has 0 bridgehead atoms. The van der Waals surface area contributed by atoms with Crippen molar-refractivity contribution in [3.63, 3.8) is 0 Å². The minimum atomic E-state index is -2.17. The van der Waals surface area contributed by atoms with E-state index in [1.54, 1.807) is 0 Å². The van der Waals surface area contributed by atoms with Crippen molar-refractivity contribution in [1.29, 1.82) is 0 Å². The molecular weight excluding hydrogens is 635 g/mol. The lowest BCUT2D eigenvalue weighted by Crippen LogP contribution is -2.65. The van der Waals surface area contributed by atoms with E-state index in [0.29, 0.717) is 0 Å². The summed E-state index contributed by atoms with van der Waals surface area (Å²) in [6, 6.07) is 0. The quantitative estimate of drug-likeness (QED) is 0.129. The summed E-state index contributed by atoms with van der Waals surface area (Å²) in [6.07, 6.45) is 4.16. The van der Waals surface area contributed by atoms with Gasteiger partial charge in [-0.25, -0.2) is 0 Å². The van der Waals surface area contributed by atoms with Crippen molar-refractivity contribution in [3.05, 3.63) is 22.8 Å². The number of halogens is 1. The smallest absolute Gasteiger partial charge is 0.193 e. The van der Waals surface area contributed by atoms with E-state index < -0.39 is 25.0 Å². The minimum absolute atomic E-state index is 0.000314. The fourth-order valence-corrected chi connectivity index (χ4v) is 8.29. The Bertz CT molecular complexity index is 806. The second kappa shape index (κ2) is 12.9. The molecule has 4 nitrogen and oxygen atoms in total. The Balaban J connectivity index is 3.80. The Morgan fingerprint density at radius 3 is 1.58 bits per heavy atom. The summed E-state index contributed by atoms with van der Waals surface area (Å²) in [5.74, 6) is 0.172. The van der Waals surface area contributed by atoms with Gasteiger partial charge >= 0.3 is 0 Å². The van der Waals surface area contributed by atoms with Crippen LogP contribution in [0.5, 0.6) is 0 Å². The molecule has 0 aromatic rings. The molecule has 0 N–H and O–H groups in total. The molecule has 1 rings (SSSR count). The third-order valence-corrected chi connectivity index (χ3v) is 23.6. The SMILES string of the molecule is C=CC[C@@H]1O[C@@H]([C@H](/C=C/I)O[Si](C)(C)C(C)(C)C)[C@@H](O[Si](C)(C)C(C)(C)C)[C@@H](O[Si](C)(C)C(C)(C)C)[C@H]1C. The molecule has 0 saturated carbocycles. The van der Waals surface area contributed by atoms with Gasteiger partial charge in [-0.1, -0.05) is 97.9 Å². The third kappa shape index (κ3) is 8.85. The zero-order valence-corrected chi connectivity index (χ0v) is 32.8. The monoisotopic (exact) mass is 696 g/mol. The van der Waals surface area contributed by atoms with E-state index in [-0.39, 0.29) is 51.6 Å². The molecule has 0 unspecified atom stereocenters. The molecule has 0 aromatic heterocycles. The van der Waals surface area contributed by atoms with Crippen molar-refractivity contribution < 1.29 is 18.0 Å².